The van der Waals surface area contributed by atoms with Crippen molar-refractivity contribution in [3.8, 4) is 0 Å². The van der Waals surface area contributed by atoms with Crippen LogP contribution in [0.15, 0.2) is 54.6 Å². The average molecular weight is 369 g/mol. The topological polar surface area (TPSA) is 34.1 Å². The number of carbonyl (C=O) groups is 2. The van der Waals surface area contributed by atoms with Crippen molar-refractivity contribution in [2.75, 3.05) is 0 Å². The van der Waals surface area contributed by atoms with Crippen molar-refractivity contribution in [3.05, 3.63) is 70.7 Å². The van der Waals surface area contributed by atoms with Crippen LogP contribution in [0.5, 0.6) is 0 Å². The number of ketones is 2. The summed E-state index contributed by atoms with van der Waals surface area (Å²) in [6.07, 6.45) is 6.14. The van der Waals surface area contributed by atoms with Gasteiger partial charge in [-0.15, -0.1) is 0 Å². The van der Waals surface area contributed by atoms with Crippen molar-refractivity contribution in [1.29, 1.82) is 0 Å². The van der Waals surface area contributed by atoms with E-state index < -0.39 is 0 Å². The summed E-state index contributed by atoms with van der Waals surface area (Å²) in [4.78, 5) is 25.7. The molecule has 0 spiro atoms. The molecule has 26 heavy (non-hydrogen) atoms. The molecule has 2 aromatic carbocycles. The maximum absolute atomic E-state index is 12.9. The molecule has 2 atom stereocenters. The Balaban J connectivity index is 1.90. The van der Waals surface area contributed by atoms with Gasteiger partial charge in [0.1, 0.15) is 5.78 Å². The van der Waals surface area contributed by atoms with Crippen molar-refractivity contribution in [2.45, 2.75) is 50.9 Å². The minimum atomic E-state index is -0.105. The lowest BCUT2D eigenvalue weighted by atomic mass is 9.75. The molecule has 1 aliphatic rings. The Morgan fingerprint density at radius 2 is 1.77 bits per heavy atom. The van der Waals surface area contributed by atoms with E-state index in [1.807, 2.05) is 54.6 Å². The second-order valence-corrected chi connectivity index (χ2v) is 7.62. The highest BCUT2D eigenvalue weighted by Gasteiger charge is 2.31. The van der Waals surface area contributed by atoms with Gasteiger partial charge >= 0.3 is 0 Å². The number of Topliss-reactive ketones (excluding diaryl/α,β-unsaturated/α-hetero) is 2. The van der Waals surface area contributed by atoms with Gasteiger partial charge in [0.15, 0.2) is 5.78 Å². The monoisotopic (exact) mass is 368 g/mol. The van der Waals surface area contributed by atoms with Gasteiger partial charge in [0, 0.05) is 35.3 Å². The first-order valence-electron chi connectivity index (χ1n) is 9.51. The van der Waals surface area contributed by atoms with Crippen LogP contribution in [-0.2, 0) is 4.79 Å². The van der Waals surface area contributed by atoms with Crippen molar-refractivity contribution in [2.24, 2.45) is 5.92 Å². The van der Waals surface area contributed by atoms with Gasteiger partial charge in [0.2, 0.25) is 0 Å². The number of benzene rings is 2. The van der Waals surface area contributed by atoms with E-state index >= 15 is 0 Å². The first kappa shape index (κ1) is 18.8. The summed E-state index contributed by atoms with van der Waals surface area (Å²) in [6, 6.07) is 17.0. The molecule has 0 heterocycles. The van der Waals surface area contributed by atoms with Crippen molar-refractivity contribution < 1.29 is 9.59 Å². The molecule has 0 radical (unpaired) electrons. The SMILES string of the molecule is O=C(C[C@@H](c1cccc(Cl)c1)[C@H]1CCCCCCC1=O)c1ccccc1. The Labute approximate surface area is 160 Å². The van der Waals surface area contributed by atoms with Crippen LogP contribution in [0.3, 0.4) is 0 Å². The molecular formula is C23H25ClO2. The van der Waals surface area contributed by atoms with Crippen LogP contribution in [0.4, 0.5) is 0 Å². The molecule has 3 heteroatoms. The molecule has 0 bridgehead atoms. The lowest BCUT2D eigenvalue weighted by Crippen LogP contribution is -2.26. The van der Waals surface area contributed by atoms with Gasteiger partial charge in [-0.25, -0.2) is 0 Å². The predicted octanol–water partition coefficient (Wildman–Crippen LogP) is 6.24. The molecule has 0 aromatic heterocycles. The molecule has 0 N–H and O–H groups in total. The number of hydrogen-bond donors (Lipinski definition) is 0. The molecule has 1 aliphatic carbocycles. The minimum Gasteiger partial charge on any atom is -0.299 e. The van der Waals surface area contributed by atoms with Crippen LogP contribution in [0.2, 0.25) is 5.02 Å². The lowest BCUT2D eigenvalue weighted by Gasteiger charge is -2.28. The quantitative estimate of drug-likeness (QED) is 0.585. The van der Waals surface area contributed by atoms with Crippen LogP contribution in [-0.4, -0.2) is 11.6 Å². The molecule has 1 fully saturated rings. The van der Waals surface area contributed by atoms with E-state index in [-0.39, 0.29) is 17.6 Å². The zero-order chi connectivity index (χ0) is 18.4. The smallest absolute Gasteiger partial charge is 0.163 e. The standard InChI is InChI=1S/C23H25ClO2/c24-19-12-8-11-18(15-19)21(16-23(26)17-9-4-3-5-10-17)20-13-6-1-2-7-14-22(20)25/h3-5,8-12,15,20-21H,1-2,6-7,13-14,16H2/t20-,21+/m1/s1. The third-order valence-electron chi connectivity index (χ3n) is 5.37. The Bertz CT molecular complexity index is 754. The number of halogens is 1. The summed E-state index contributed by atoms with van der Waals surface area (Å²) >= 11 is 6.21. The minimum absolute atomic E-state index is 0.0884. The number of carbonyl (C=O) groups excluding carboxylic acids is 2. The molecule has 1 saturated carbocycles. The molecule has 2 nitrogen and oxygen atoms in total. The van der Waals surface area contributed by atoms with E-state index in [2.05, 4.69) is 0 Å². The summed E-state index contributed by atoms with van der Waals surface area (Å²) in [7, 11) is 0. The van der Waals surface area contributed by atoms with Gasteiger partial charge in [-0.3, -0.25) is 9.59 Å². The van der Waals surface area contributed by atoms with E-state index in [0.29, 0.717) is 29.2 Å². The van der Waals surface area contributed by atoms with Crippen LogP contribution < -0.4 is 0 Å². The molecular weight excluding hydrogens is 344 g/mol. The maximum Gasteiger partial charge on any atom is 0.163 e. The van der Waals surface area contributed by atoms with Crippen LogP contribution >= 0.6 is 11.6 Å². The van der Waals surface area contributed by atoms with Crippen molar-refractivity contribution in [3.63, 3.8) is 0 Å². The van der Waals surface area contributed by atoms with Gasteiger partial charge in [0.25, 0.3) is 0 Å². The highest BCUT2D eigenvalue weighted by atomic mass is 35.5. The molecule has 2 aromatic rings. The Morgan fingerprint density at radius 1 is 1.00 bits per heavy atom. The van der Waals surface area contributed by atoms with Crippen LogP contribution in [0.25, 0.3) is 0 Å². The van der Waals surface area contributed by atoms with E-state index in [4.69, 9.17) is 11.6 Å². The number of hydrogen-bond acceptors (Lipinski definition) is 2. The lowest BCUT2D eigenvalue weighted by molar-refractivity contribution is -0.124. The maximum atomic E-state index is 12.9. The second kappa shape index (κ2) is 9.14. The molecule has 136 valence electrons. The van der Waals surface area contributed by atoms with Gasteiger partial charge < -0.3 is 0 Å². The van der Waals surface area contributed by atoms with E-state index in [9.17, 15) is 9.59 Å². The van der Waals surface area contributed by atoms with Gasteiger partial charge in [-0.05, 0) is 30.5 Å². The number of rotatable bonds is 5. The fraction of sp³-hybridized carbons (Fsp3) is 0.391. The average Bonchev–Trinajstić information content (AvgIpc) is 2.64. The van der Waals surface area contributed by atoms with Crippen LogP contribution in [0.1, 0.15) is 66.8 Å². The summed E-state index contributed by atoms with van der Waals surface area (Å²) in [5, 5.41) is 0.651. The van der Waals surface area contributed by atoms with Gasteiger partial charge in [0.05, 0.1) is 0 Å². The molecule has 0 unspecified atom stereocenters. The first-order valence-corrected chi connectivity index (χ1v) is 9.89. The molecule has 0 saturated heterocycles. The van der Waals surface area contributed by atoms with Crippen molar-refractivity contribution >= 4 is 23.2 Å². The third kappa shape index (κ3) is 4.82. The third-order valence-corrected chi connectivity index (χ3v) is 5.60. The first-order chi connectivity index (χ1) is 12.6. The molecule has 0 amide bonds. The predicted molar refractivity (Wildman–Crippen MR) is 106 cm³/mol. The fourth-order valence-corrected chi connectivity index (χ4v) is 4.16. The summed E-state index contributed by atoms with van der Waals surface area (Å²) in [6.45, 7) is 0. The summed E-state index contributed by atoms with van der Waals surface area (Å²) in [5.74, 6) is 0.189. The zero-order valence-corrected chi connectivity index (χ0v) is 15.8. The second-order valence-electron chi connectivity index (χ2n) is 7.18. The van der Waals surface area contributed by atoms with Crippen molar-refractivity contribution in [1.82, 2.24) is 0 Å². The normalized spacial score (nSPS) is 19.4. The van der Waals surface area contributed by atoms with E-state index in [0.717, 1.165) is 31.2 Å². The molecule has 0 aliphatic heterocycles. The van der Waals surface area contributed by atoms with Crippen LogP contribution in [0, 0.1) is 5.92 Å². The highest BCUT2D eigenvalue weighted by Crippen LogP contribution is 2.36. The largest absolute Gasteiger partial charge is 0.299 e. The molecule has 3 rings (SSSR count). The van der Waals surface area contributed by atoms with Gasteiger partial charge in [-0.2, -0.15) is 0 Å². The Hall–Kier alpha value is -1.93. The zero-order valence-electron chi connectivity index (χ0n) is 15.0. The van der Waals surface area contributed by atoms with Gasteiger partial charge in [-0.1, -0.05) is 73.3 Å². The Kier molecular flexibility index (Phi) is 6.62. The summed E-state index contributed by atoms with van der Waals surface area (Å²) in [5.41, 5.74) is 1.71. The van der Waals surface area contributed by atoms with E-state index in [1.165, 1.54) is 6.42 Å². The fourth-order valence-electron chi connectivity index (χ4n) is 3.96. The highest BCUT2D eigenvalue weighted by molar-refractivity contribution is 6.30. The Morgan fingerprint density at radius 3 is 2.54 bits per heavy atom. The summed E-state index contributed by atoms with van der Waals surface area (Å²) < 4.78 is 0. The van der Waals surface area contributed by atoms with E-state index in [1.54, 1.807) is 0 Å².